The molecule has 0 radical (unpaired) electrons. The van der Waals surface area contributed by atoms with Gasteiger partial charge in [0.15, 0.2) is 11.5 Å². The number of rotatable bonds is 6. The molecule has 0 saturated carbocycles. The molecular formula is C17H24N4O2. The molecule has 1 aliphatic heterocycles. The molecule has 1 aliphatic rings. The molecule has 6 heteroatoms. The van der Waals surface area contributed by atoms with E-state index in [4.69, 9.17) is 9.47 Å². The number of hydrogen-bond acceptors (Lipinski definition) is 5. The van der Waals surface area contributed by atoms with Crippen LogP contribution in [0.5, 0.6) is 11.5 Å². The third-order valence-electron chi connectivity index (χ3n) is 4.51. The number of methoxy groups -OCH3 is 2. The fourth-order valence-electron chi connectivity index (χ4n) is 3.34. The zero-order valence-corrected chi connectivity index (χ0v) is 14.0. The summed E-state index contributed by atoms with van der Waals surface area (Å²) in [4.78, 5) is 6.81. The predicted molar refractivity (Wildman–Crippen MR) is 87.9 cm³/mol. The molecule has 0 spiro atoms. The van der Waals surface area contributed by atoms with Crippen molar-refractivity contribution < 1.29 is 9.47 Å². The van der Waals surface area contributed by atoms with Gasteiger partial charge in [0.1, 0.15) is 12.2 Å². The summed E-state index contributed by atoms with van der Waals surface area (Å²) in [5, 5.41) is 4.25. The third-order valence-corrected chi connectivity index (χ3v) is 4.51. The second kappa shape index (κ2) is 7.00. The van der Waals surface area contributed by atoms with Crippen LogP contribution >= 0.6 is 0 Å². The van der Waals surface area contributed by atoms with Gasteiger partial charge in [0.05, 0.1) is 20.8 Å². The van der Waals surface area contributed by atoms with Gasteiger partial charge in [0, 0.05) is 24.6 Å². The zero-order valence-electron chi connectivity index (χ0n) is 14.0. The van der Waals surface area contributed by atoms with E-state index in [1.54, 1.807) is 20.5 Å². The molecule has 2 aromatic rings. The normalized spacial score (nSPS) is 18.3. The van der Waals surface area contributed by atoms with Crippen molar-refractivity contribution in [2.24, 2.45) is 0 Å². The Balaban J connectivity index is 1.73. The van der Waals surface area contributed by atoms with Crippen LogP contribution in [0.25, 0.3) is 0 Å². The molecule has 0 amide bonds. The first-order valence-electron chi connectivity index (χ1n) is 8.06. The van der Waals surface area contributed by atoms with Crippen LogP contribution in [0.2, 0.25) is 0 Å². The third kappa shape index (κ3) is 3.17. The monoisotopic (exact) mass is 316 g/mol. The molecule has 0 N–H and O–H groups in total. The standard InChI is InChI=1S/C17H24N4O2/c1-4-21-16(18-12-19-21)11-20-9-8-13(10-20)14-6-5-7-15(22-2)17(14)23-3/h5-7,12-13H,4,8-11H2,1-3H3. The van der Waals surface area contributed by atoms with Gasteiger partial charge in [-0.15, -0.1) is 0 Å². The number of aromatic nitrogens is 3. The summed E-state index contributed by atoms with van der Waals surface area (Å²) >= 11 is 0. The highest BCUT2D eigenvalue weighted by Gasteiger charge is 2.28. The second-order valence-corrected chi connectivity index (χ2v) is 5.80. The fourth-order valence-corrected chi connectivity index (χ4v) is 3.34. The largest absolute Gasteiger partial charge is 0.493 e. The molecule has 1 fully saturated rings. The van der Waals surface area contributed by atoms with E-state index in [0.717, 1.165) is 49.9 Å². The summed E-state index contributed by atoms with van der Waals surface area (Å²) in [6, 6.07) is 6.12. The molecule has 124 valence electrons. The van der Waals surface area contributed by atoms with Gasteiger partial charge in [-0.1, -0.05) is 12.1 Å². The lowest BCUT2D eigenvalue weighted by Gasteiger charge is -2.18. The summed E-state index contributed by atoms with van der Waals surface area (Å²) in [6.07, 6.45) is 2.75. The summed E-state index contributed by atoms with van der Waals surface area (Å²) in [7, 11) is 3.39. The summed E-state index contributed by atoms with van der Waals surface area (Å²) in [5.41, 5.74) is 1.23. The molecule has 1 aromatic heterocycles. The molecule has 1 atom stereocenters. The van der Waals surface area contributed by atoms with Gasteiger partial charge in [-0.05, 0) is 26.0 Å². The molecule has 23 heavy (non-hydrogen) atoms. The van der Waals surface area contributed by atoms with Crippen molar-refractivity contribution in [2.45, 2.75) is 32.4 Å². The molecular weight excluding hydrogens is 292 g/mol. The number of nitrogens with zero attached hydrogens (tertiary/aromatic N) is 4. The molecule has 1 aromatic carbocycles. The Morgan fingerprint density at radius 1 is 1.26 bits per heavy atom. The van der Waals surface area contributed by atoms with Gasteiger partial charge in [-0.25, -0.2) is 9.67 Å². The van der Waals surface area contributed by atoms with Crippen molar-refractivity contribution >= 4 is 0 Å². The number of hydrogen-bond donors (Lipinski definition) is 0. The Labute approximate surface area is 137 Å². The van der Waals surface area contributed by atoms with Crippen molar-refractivity contribution in [3.05, 3.63) is 35.9 Å². The van der Waals surface area contributed by atoms with Crippen LogP contribution < -0.4 is 9.47 Å². The Bertz CT molecular complexity index is 656. The molecule has 1 saturated heterocycles. The van der Waals surface area contributed by atoms with Crippen LogP contribution in [0.1, 0.15) is 30.7 Å². The Hall–Kier alpha value is -2.08. The van der Waals surface area contributed by atoms with Crippen LogP contribution in [-0.2, 0) is 13.1 Å². The van der Waals surface area contributed by atoms with Gasteiger partial charge >= 0.3 is 0 Å². The van der Waals surface area contributed by atoms with Crippen molar-refractivity contribution in [1.82, 2.24) is 19.7 Å². The zero-order chi connectivity index (χ0) is 16.2. The summed E-state index contributed by atoms with van der Waals surface area (Å²) in [5.74, 6) is 3.15. The first-order valence-corrected chi connectivity index (χ1v) is 8.06. The topological polar surface area (TPSA) is 52.4 Å². The maximum Gasteiger partial charge on any atom is 0.164 e. The quantitative estimate of drug-likeness (QED) is 0.818. The number of benzene rings is 1. The van der Waals surface area contributed by atoms with Crippen molar-refractivity contribution in [1.29, 1.82) is 0 Å². The molecule has 3 rings (SSSR count). The fraction of sp³-hybridized carbons (Fsp3) is 0.529. The van der Waals surface area contributed by atoms with E-state index in [9.17, 15) is 0 Å². The highest BCUT2D eigenvalue weighted by Crippen LogP contribution is 2.39. The molecule has 0 bridgehead atoms. The van der Waals surface area contributed by atoms with E-state index >= 15 is 0 Å². The predicted octanol–water partition coefficient (Wildman–Crippen LogP) is 2.30. The smallest absolute Gasteiger partial charge is 0.164 e. The first-order chi connectivity index (χ1) is 11.3. The maximum atomic E-state index is 5.59. The SMILES string of the molecule is CCn1ncnc1CN1CCC(c2cccc(OC)c2OC)C1. The van der Waals surface area contributed by atoms with Crippen molar-refractivity contribution in [3.8, 4) is 11.5 Å². The van der Waals surface area contributed by atoms with Gasteiger partial charge in [0.2, 0.25) is 0 Å². The van der Waals surface area contributed by atoms with Gasteiger partial charge in [-0.3, -0.25) is 4.90 Å². The number of likely N-dealkylation sites (tertiary alicyclic amines) is 1. The average molecular weight is 316 g/mol. The van der Waals surface area contributed by atoms with E-state index in [2.05, 4.69) is 28.0 Å². The van der Waals surface area contributed by atoms with E-state index < -0.39 is 0 Å². The van der Waals surface area contributed by atoms with Crippen molar-refractivity contribution in [2.75, 3.05) is 27.3 Å². The van der Waals surface area contributed by atoms with Crippen LogP contribution in [-0.4, -0.2) is 47.0 Å². The van der Waals surface area contributed by atoms with Crippen LogP contribution in [0.15, 0.2) is 24.5 Å². The Morgan fingerprint density at radius 3 is 2.87 bits per heavy atom. The minimum absolute atomic E-state index is 0.457. The molecule has 6 nitrogen and oxygen atoms in total. The Morgan fingerprint density at radius 2 is 2.13 bits per heavy atom. The minimum Gasteiger partial charge on any atom is -0.493 e. The van der Waals surface area contributed by atoms with E-state index in [1.165, 1.54) is 5.56 Å². The van der Waals surface area contributed by atoms with Crippen LogP contribution in [0, 0.1) is 0 Å². The lowest BCUT2D eigenvalue weighted by Crippen LogP contribution is -2.22. The van der Waals surface area contributed by atoms with Crippen molar-refractivity contribution in [3.63, 3.8) is 0 Å². The van der Waals surface area contributed by atoms with Gasteiger partial charge in [-0.2, -0.15) is 5.10 Å². The summed E-state index contributed by atoms with van der Waals surface area (Å²) < 4.78 is 13.0. The lowest BCUT2D eigenvalue weighted by atomic mass is 9.97. The van der Waals surface area contributed by atoms with E-state index in [0.29, 0.717) is 5.92 Å². The van der Waals surface area contributed by atoms with Gasteiger partial charge < -0.3 is 9.47 Å². The molecule has 2 heterocycles. The first kappa shape index (κ1) is 15.8. The highest BCUT2D eigenvalue weighted by molar-refractivity contribution is 5.48. The Kier molecular flexibility index (Phi) is 4.81. The van der Waals surface area contributed by atoms with E-state index in [-0.39, 0.29) is 0 Å². The lowest BCUT2D eigenvalue weighted by molar-refractivity contribution is 0.308. The van der Waals surface area contributed by atoms with E-state index in [1.807, 2.05) is 16.8 Å². The average Bonchev–Trinajstić information content (AvgIpc) is 3.23. The van der Waals surface area contributed by atoms with Crippen LogP contribution in [0.3, 0.4) is 0 Å². The number of aryl methyl sites for hydroxylation is 1. The van der Waals surface area contributed by atoms with Crippen LogP contribution in [0.4, 0.5) is 0 Å². The molecule has 0 aliphatic carbocycles. The summed E-state index contributed by atoms with van der Waals surface area (Å²) in [6.45, 7) is 5.85. The number of para-hydroxylation sites is 1. The molecule has 1 unspecified atom stereocenters. The minimum atomic E-state index is 0.457. The highest BCUT2D eigenvalue weighted by atomic mass is 16.5. The number of ether oxygens (including phenoxy) is 2. The van der Waals surface area contributed by atoms with Gasteiger partial charge in [0.25, 0.3) is 0 Å². The maximum absolute atomic E-state index is 5.59. The second-order valence-electron chi connectivity index (χ2n) is 5.80.